The fourth-order valence-electron chi connectivity index (χ4n) is 8.50. The summed E-state index contributed by atoms with van der Waals surface area (Å²) in [5, 5.41) is 1.08. The number of piperidine rings is 2. The molecule has 252 valence electrons. The number of nitrogens with two attached hydrogens (primary N) is 1. The van der Waals surface area contributed by atoms with Gasteiger partial charge in [0.05, 0.1) is 18.3 Å². The second kappa shape index (κ2) is 11.9. The van der Waals surface area contributed by atoms with Crippen LogP contribution in [0, 0.1) is 17.8 Å². The SMILES string of the molecule is COc1cc(C(=O)N2C[C@H]3CC[C@@H]2[C@@H]3N)cc2nc(-c3cc4cccnc4n3CC3CC3)n(CC3CCN(C(=O)c4ccncn4)CC3)c12. The van der Waals surface area contributed by atoms with Crippen molar-refractivity contribution in [3.8, 4) is 17.3 Å². The Balaban J connectivity index is 1.11. The molecule has 0 unspecified atom stereocenters. The molecule has 2 aliphatic heterocycles. The van der Waals surface area contributed by atoms with Gasteiger partial charge in [0.2, 0.25) is 0 Å². The molecule has 12 nitrogen and oxygen atoms in total. The van der Waals surface area contributed by atoms with Gasteiger partial charge in [-0.2, -0.15) is 0 Å². The Kier molecular flexibility index (Phi) is 7.37. The second-order valence-corrected chi connectivity index (χ2v) is 14.4. The highest BCUT2D eigenvalue weighted by atomic mass is 16.5. The number of rotatable bonds is 8. The van der Waals surface area contributed by atoms with Gasteiger partial charge in [-0.1, -0.05) is 0 Å². The van der Waals surface area contributed by atoms with Crippen LogP contribution in [0.1, 0.15) is 59.4 Å². The molecule has 2 saturated heterocycles. The lowest BCUT2D eigenvalue weighted by Gasteiger charge is -2.32. The molecule has 4 aromatic heterocycles. The zero-order chi connectivity index (χ0) is 33.2. The number of nitrogens with zero attached hydrogens (tertiary/aromatic N) is 8. The number of hydrogen-bond donors (Lipinski definition) is 1. The zero-order valence-electron chi connectivity index (χ0n) is 27.7. The molecule has 2 bridgehead atoms. The molecule has 5 aromatic rings. The average Bonchev–Trinajstić information content (AvgIpc) is 3.51. The first-order chi connectivity index (χ1) is 24.0. The molecule has 49 heavy (non-hydrogen) atoms. The zero-order valence-corrected chi connectivity index (χ0v) is 27.7. The van der Waals surface area contributed by atoms with Crippen molar-refractivity contribution in [2.45, 2.75) is 63.7 Å². The first-order valence-electron chi connectivity index (χ1n) is 17.6. The van der Waals surface area contributed by atoms with Crippen molar-refractivity contribution in [2.75, 3.05) is 26.7 Å². The summed E-state index contributed by atoms with van der Waals surface area (Å²) in [5.41, 5.74) is 11.1. The van der Waals surface area contributed by atoms with Crippen LogP contribution in [0.25, 0.3) is 33.6 Å². The molecule has 0 radical (unpaired) electrons. The predicted octanol–water partition coefficient (Wildman–Crippen LogP) is 4.38. The number of likely N-dealkylation sites (tertiary alicyclic amines) is 2. The summed E-state index contributed by atoms with van der Waals surface area (Å²) >= 11 is 0. The number of pyridine rings is 1. The van der Waals surface area contributed by atoms with E-state index in [2.05, 4.69) is 31.2 Å². The first-order valence-corrected chi connectivity index (χ1v) is 17.6. The van der Waals surface area contributed by atoms with Crippen molar-refractivity contribution < 1.29 is 14.3 Å². The van der Waals surface area contributed by atoms with Crippen LogP contribution in [0.5, 0.6) is 5.75 Å². The number of fused-ring (bicyclic) bond motifs is 4. The Labute approximate surface area is 284 Å². The Bertz CT molecular complexity index is 2060. The molecule has 12 heteroatoms. The Hall–Kier alpha value is -4.84. The summed E-state index contributed by atoms with van der Waals surface area (Å²) in [6, 6.07) is 11.9. The quantitative estimate of drug-likeness (QED) is 0.259. The summed E-state index contributed by atoms with van der Waals surface area (Å²) in [7, 11) is 1.67. The van der Waals surface area contributed by atoms with Gasteiger partial charge in [0.25, 0.3) is 11.8 Å². The normalized spacial score (nSPS) is 22.4. The first kappa shape index (κ1) is 30.2. The van der Waals surface area contributed by atoms with Crippen molar-refractivity contribution in [2.24, 2.45) is 23.5 Å². The summed E-state index contributed by atoms with van der Waals surface area (Å²) in [6.07, 6.45) is 11.0. The molecule has 2 N–H and O–H groups in total. The highest BCUT2D eigenvalue weighted by Gasteiger charge is 2.47. The van der Waals surface area contributed by atoms with Crippen molar-refractivity contribution in [3.05, 3.63) is 66.4 Å². The Morgan fingerprint density at radius 1 is 0.918 bits per heavy atom. The van der Waals surface area contributed by atoms with Crippen molar-refractivity contribution in [1.29, 1.82) is 0 Å². The van der Waals surface area contributed by atoms with E-state index in [1.54, 1.807) is 19.4 Å². The van der Waals surface area contributed by atoms with E-state index >= 15 is 0 Å². The van der Waals surface area contributed by atoms with Crippen molar-refractivity contribution in [3.63, 3.8) is 0 Å². The maximum atomic E-state index is 14.0. The van der Waals surface area contributed by atoms with E-state index in [0.29, 0.717) is 60.9 Å². The number of aromatic nitrogens is 6. The minimum atomic E-state index is -0.0576. The number of imidazole rings is 1. The van der Waals surface area contributed by atoms with Crippen LogP contribution in [-0.2, 0) is 13.1 Å². The molecule has 3 atom stereocenters. The van der Waals surface area contributed by atoms with Gasteiger partial charge < -0.3 is 29.4 Å². The van der Waals surface area contributed by atoms with Crippen LogP contribution in [0.3, 0.4) is 0 Å². The molecule has 6 heterocycles. The monoisotopic (exact) mass is 659 g/mol. The Morgan fingerprint density at radius 3 is 2.45 bits per heavy atom. The third-order valence-corrected chi connectivity index (χ3v) is 11.4. The number of carbonyl (C=O) groups excluding carboxylic acids is 2. The third kappa shape index (κ3) is 5.24. The van der Waals surface area contributed by atoms with Crippen LogP contribution in [0.2, 0.25) is 0 Å². The van der Waals surface area contributed by atoms with E-state index in [1.807, 2.05) is 34.2 Å². The lowest BCUT2D eigenvalue weighted by atomic mass is 9.96. The van der Waals surface area contributed by atoms with Crippen LogP contribution >= 0.6 is 0 Å². The largest absolute Gasteiger partial charge is 0.494 e. The Morgan fingerprint density at radius 2 is 1.73 bits per heavy atom. The van der Waals surface area contributed by atoms with Gasteiger partial charge in [-0.3, -0.25) is 9.59 Å². The van der Waals surface area contributed by atoms with Crippen LogP contribution < -0.4 is 10.5 Å². The smallest absolute Gasteiger partial charge is 0.272 e. The second-order valence-electron chi connectivity index (χ2n) is 14.4. The van der Waals surface area contributed by atoms with E-state index < -0.39 is 0 Å². The van der Waals surface area contributed by atoms with Crippen molar-refractivity contribution >= 4 is 33.9 Å². The van der Waals surface area contributed by atoms with Gasteiger partial charge in [-0.05, 0) is 92.7 Å². The molecule has 2 amide bonds. The molecule has 4 aliphatic rings. The highest BCUT2D eigenvalue weighted by Crippen LogP contribution is 2.41. The maximum absolute atomic E-state index is 14.0. The molecule has 0 spiro atoms. The van der Waals surface area contributed by atoms with E-state index in [1.165, 1.54) is 19.2 Å². The minimum absolute atomic E-state index is 0.00766. The molecular weight excluding hydrogens is 618 g/mol. The summed E-state index contributed by atoms with van der Waals surface area (Å²) < 4.78 is 10.7. The molecule has 2 saturated carbocycles. The lowest BCUT2D eigenvalue weighted by molar-refractivity contribution is 0.0675. The number of ether oxygens (including phenoxy) is 1. The third-order valence-electron chi connectivity index (χ3n) is 11.4. The van der Waals surface area contributed by atoms with Gasteiger partial charge in [-0.25, -0.2) is 19.9 Å². The van der Waals surface area contributed by atoms with E-state index in [0.717, 1.165) is 65.8 Å². The van der Waals surface area contributed by atoms with Gasteiger partial charge in [0.15, 0.2) is 5.82 Å². The molecule has 9 rings (SSSR count). The number of carbonyl (C=O) groups is 2. The number of benzene rings is 1. The van der Waals surface area contributed by atoms with Gasteiger partial charge >= 0.3 is 0 Å². The average molecular weight is 660 g/mol. The molecule has 1 aromatic carbocycles. The van der Waals surface area contributed by atoms with E-state index in [9.17, 15) is 9.59 Å². The standard InChI is InChI=1S/C37H41N9O3/c1-49-31-17-26(36(47)45-20-25-6-7-29(45)32(25)38)15-28-33(31)46(19-23-9-13-43(14-10-23)37(48)27-8-12-39-21-41-27)35(42-28)30-16-24-3-2-11-40-34(24)44(30)18-22-4-5-22/h2-3,8,11-12,15-17,21-23,25,29,32H,4-7,9-10,13-14,18-20,38H2,1H3/t25-,29-,32-/m1/s1. The predicted molar refractivity (Wildman–Crippen MR) is 184 cm³/mol. The van der Waals surface area contributed by atoms with Gasteiger partial charge in [0.1, 0.15) is 28.9 Å². The van der Waals surface area contributed by atoms with Crippen LogP contribution in [0.4, 0.5) is 0 Å². The van der Waals surface area contributed by atoms with Gasteiger partial charge in [-0.15, -0.1) is 0 Å². The number of hydrogen-bond acceptors (Lipinski definition) is 8. The fourth-order valence-corrected chi connectivity index (χ4v) is 8.50. The van der Waals surface area contributed by atoms with E-state index in [4.69, 9.17) is 20.4 Å². The maximum Gasteiger partial charge on any atom is 0.272 e. The minimum Gasteiger partial charge on any atom is -0.494 e. The van der Waals surface area contributed by atoms with Gasteiger partial charge in [0, 0.05) is 68.2 Å². The summed E-state index contributed by atoms with van der Waals surface area (Å²) in [4.78, 5) is 49.2. The summed E-state index contributed by atoms with van der Waals surface area (Å²) in [5.74, 6) is 2.72. The molecule has 4 fully saturated rings. The highest BCUT2D eigenvalue weighted by molar-refractivity contribution is 6.00. The number of methoxy groups -OCH3 is 1. The topological polar surface area (TPSA) is 137 Å². The molecular formula is C37H41N9O3. The van der Waals surface area contributed by atoms with Crippen LogP contribution in [0.15, 0.2) is 55.1 Å². The summed E-state index contributed by atoms with van der Waals surface area (Å²) in [6.45, 7) is 3.60. The van der Waals surface area contributed by atoms with Crippen molar-refractivity contribution in [1.82, 2.24) is 38.9 Å². The van der Waals surface area contributed by atoms with E-state index in [-0.39, 0.29) is 23.9 Å². The fraction of sp³-hybridized carbons (Fsp3) is 0.459. The molecule has 2 aliphatic carbocycles. The number of amides is 2. The lowest BCUT2D eigenvalue weighted by Crippen LogP contribution is -2.41. The van der Waals surface area contributed by atoms with Crippen LogP contribution in [-0.4, -0.2) is 89.5 Å².